The van der Waals surface area contributed by atoms with Crippen LogP contribution in [0.2, 0.25) is 0 Å². The smallest absolute Gasteiger partial charge is 0.350 e. The van der Waals surface area contributed by atoms with Crippen molar-refractivity contribution < 1.29 is 14.3 Å². The van der Waals surface area contributed by atoms with Gasteiger partial charge in [-0.2, -0.15) is 5.10 Å². The lowest BCUT2D eigenvalue weighted by molar-refractivity contribution is 0.0605. The number of pyridine rings is 1. The fraction of sp³-hybridized carbons (Fsp3) is 0.188. The Labute approximate surface area is 147 Å². The number of nitrogens with one attached hydrogen (secondary N) is 1. The first kappa shape index (κ1) is 16.8. The van der Waals surface area contributed by atoms with Gasteiger partial charge in [-0.15, -0.1) is 0 Å². The minimum atomic E-state index is -0.477. The van der Waals surface area contributed by atoms with Crippen LogP contribution in [0.1, 0.15) is 31.4 Å². The molecular weight excluding hydrogens is 342 g/mol. The second kappa shape index (κ2) is 6.81. The van der Waals surface area contributed by atoms with Crippen LogP contribution in [0.3, 0.4) is 0 Å². The molecule has 0 aromatic carbocycles. The molecule has 0 aliphatic heterocycles. The number of anilines is 1. The number of aromatic nitrogens is 4. The number of ether oxygens (including phenoxy) is 1. The first-order chi connectivity index (χ1) is 12.0. The molecule has 25 heavy (non-hydrogen) atoms. The molecule has 1 N–H and O–H groups in total. The largest absolute Gasteiger partial charge is 0.465 e. The van der Waals surface area contributed by atoms with Gasteiger partial charge in [0.05, 0.1) is 30.3 Å². The van der Waals surface area contributed by atoms with Crippen LogP contribution in [0.15, 0.2) is 30.6 Å². The van der Waals surface area contributed by atoms with E-state index in [1.54, 1.807) is 36.9 Å². The van der Waals surface area contributed by atoms with Gasteiger partial charge >= 0.3 is 5.97 Å². The maximum Gasteiger partial charge on any atom is 0.350 e. The number of nitrogens with zero attached hydrogens (tertiary/aromatic N) is 4. The Bertz CT molecular complexity index is 933. The average molecular weight is 357 g/mol. The van der Waals surface area contributed by atoms with Gasteiger partial charge in [-0.25, -0.2) is 19.4 Å². The van der Waals surface area contributed by atoms with E-state index in [0.717, 1.165) is 11.3 Å². The molecule has 0 spiro atoms. The average Bonchev–Trinajstić information content (AvgIpc) is 3.17. The number of rotatable bonds is 4. The van der Waals surface area contributed by atoms with Crippen molar-refractivity contribution in [3.63, 3.8) is 0 Å². The van der Waals surface area contributed by atoms with Crippen LogP contribution in [-0.2, 0) is 4.74 Å². The van der Waals surface area contributed by atoms with Crippen molar-refractivity contribution in [3.8, 4) is 5.82 Å². The van der Waals surface area contributed by atoms with Gasteiger partial charge in [-0.1, -0.05) is 17.4 Å². The maximum absolute atomic E-state index is 12.5. The quantitative estimate of drug-likeness (QED) is 0.720. The highest BCUT2D eigenvalue weighted by molar-refractivity contribution is 7.17. The number of esters is 1. The minimum absolute atomic E-state index is 0.327. The van der Waals surface area contributed by atoms with E-state index in [1.807, 2.05) is 6.07 Å². The Hall–Kier alpha value is -3.07. The molecule has 0 saturated carbocycles. The first-order valence-electron chi connectivity index (χ1n) is 7.34. The predicted molar refractivity (Wildman–Crippen MR) is 92.2 cm³/mol. The van der Waals surface area contributed by atoms with E-state index in [1.165, 1.54) is 13.3 Å². The summed E-state index contributed by atoms with van der Waals surface area (Å²) in [5.74, 6) is -0.211. The minimum Gasteiger partial charge on any atom is -0.465 e. The summed E-state index contributed by atoms with van der Waals surface area (Å²) in [4.78, 5) is 32.9. The highest BCUT2D eigenvalue weighted by Gasteiger charge is 2.20. The van der Waals surface area contributed by atoms with Crippen LogP contribution in [0, 0.1) is 13.8 Å². The zero-order valence-corrected chi connectivity index (χ0v) is 14.6. The highest BCUT2D eigenvalue weighted by Crippen LogP contribution is 2.24. The highest BCUT2D eigenvalue weighted by atomic mass is 32.1. The number of amides is 1. The molecule has 0 radical (unpaired) electrons. The van der Waals surface area contributed by atoms with Gasteiger partial charge in [-0.05, 0) is 26.0 Å². The van der Waals surface area contributed by atoms with Crippen LogP contribution in [-0.4, -0.2) is 38.7 Å². The first-order valence-corrected chi connectivity index (χ1v) is 8.16. The Morgan fingerprint density at radius 1 is 1.28 bits per heavy atom. The lowest BCUT2D eigenvalue weighted by Crippen LogP contribution is -2.13. The molecule has 1 amide bonds. The van der Waals surface area contributed by atoms with Gasteiger partial charge in [0, 0.05) is 6.20 Å². The van der Waals surface area contributed by atoms with Gasteiger partial charge in [-0.3, -0.25) is 10.1 Å². The van der Waals surface area contributed by atoms with Crippen molar-refractivity contribution >= 4 is 28.3 Å². The van der Waals surface area contributed by atoms with Crippen LogP contribution >= 0.6 is 11.3 Å². The van der Waals surface area contributed by atoms with Crippen molar-refractivity contribution in [3.05, 3.63) is 52.4 Å². The summed E-state index contributed by atoms with van der Waals surface area (Å²) < 4.78 is 6.28. The number of hydrogen-bond acceptors (Lipinski definition) is 7. The van der Waals surface area contributed by atoms with Crippen molar-refractivity contribution in [2.24, 2.45) is 0 Å². The fourth-order valence-corrected chi connectivity index (χ4v) is 3.12. The Morgan fingerprint density at radius 3 is 2.76 bits per heavy atom. The molecule has 128 valence electrons. The number of carbonyl (C=O) groups is 2. The standard InChI is InChI=1S/C16H15N5O3S/c1-9-13(15(23)24-3)25-16(19-9)20-14(22)11-8-18-21(10(11)2)12-6-4-5-7-17-12/h4-8H,1-3H3,(H,19,20,22). The fourth-order valence-electron chi connectivity index (χ4n) is 2.24. The van der Waals surface area contributed by atoms with E-state index in [2.05, 4.69) is 25.1 Å². The molecule has 0 fully saturated rings. The molecule has 0 atom stereocenters. The van der Waals surface area contributed by atoms with Crippen LogP contribution < -0.4 is 5.32 Å². The van der Waals surface area contributed by atoms with Crippen LogP contribution in [0.5, 0.6) is 0 Å². The Morgan fingerprint density at radius 2 is 2.08 bits per heavy atom. The second-order valence-electron chi connectivity index (χ2n) is 5.12. The Balaban J connectivity index is 1.83. The predicted octanol–water partition coefficient (Wildman–Crippen LogP) is 2.38. The number of thiazole rings is 1. The topological polar surface area (TPSA) is 99.0 Å². The number of aryl methyl sites for hydroxylation is 1. The molecule has 0 aliphatic rings. The third-order valence-electron chi connectivity index (χ3n) is 3.51. The lowest BCUT2D eigenvalue weighted by Gasteiger charge is -2.04. The zero-order valence-electron chi connectivity index (χ0n) is 13.8. The summed E-state index contributed by atoms with van der Waals surface area (Å²) in [5, 5.41) is 7.23. The molecule has 8 nitrogen and oxygen atoms in total. The third-order valence-corrected chi connectivity index (χ3v) is 4.56. The molecule has 0 unspecified atom stereocenters. The van der Waals surface area contributed by atoms with Gasteiger partial charge < -0.3 is 4.74 Å². The number of hydrogen-bond donors (Lipinski definition) is 1. The van der Waals surface area contributed by atoms with E-state index < -0.39 is 5.97 Å². The summed E-state index contributed by atoms with van der Waals surface area (Å²) in [6.45, 7) is 3.46. The summed E-state index contributed by atoms with van der Waals surface area (Å²) in [6.07, 6.45) is 3.13. The molecule has 0 saturated heterocycles. The molecule has 3 aromatic heterocycles. The number of carbonyl (C=O) groups excluding carboxylic acids is 2. The molecule has 3 heterocycles. The second-order valence-corrected chi connectivity index (χ2v) is 6.12. The normalized spacial score (nSPS) is 10.5. The van der Waals surface area contributed by atoms with Gasteiger partial charge in [0.1, 0.15) is 4.88 Å². The molecule has 0 aliphatic carbocycles. The summed E-state index contributed by atoms with van der Waals surface area (Å²) in [7, 11) is 1.30. The van der Waals surface area contributed by atoms with Crippen LogP contribution in [0.4, 0.5) is 5.13 Å². The van der Waals surface area contributed by atoms with Crippen molar-refractivity contribution in [1.29, 1.82) is 0 Å². The monoisotopic (exact) mass is 357 g/mol. The van der Waals surface area contributed by atoms with Crippen LogP contribution in [0.25, 0.3) is 5.82 Å². The van der Waals surface area contributed by atoms with Gasteiger partial charge in [0.15, 0.2) is 10.9 Å². The lowest BCUT2D eigenvalue weighted by atomic mass is 10.2. The third kappa shape index (κ3) is 3.26. The zero-order chi connectivity index (χ0) is 18.0. The van der Waals surface area contributed by atoms with E-state index in [-0.39, 0.29) is 5.91 Å². The summed E-state index contributed by atoms with van der Waals surface area (Å²) in [6, 6.07) is 5.45. The SMILES string of the molecule is COC(=O)c1sc(NC(=O)c2cnn(-c3ccccn3)c2C)nc1C. The van der Waals surface area contributed by atoms with E-state index in [4.69, 9.17) is 0 Å². The van der Waals surface area contributed by atoms with Crippen molar-refractivity contribution in [2.75, 3.05) is 12.4 Å². The van der Waals surface area contributed by atoms with E-state index in [0.29, 0.717) is 32.8 Å². The molecule has 9 heteroatoms. The van der Waals surface area contributed by atoms with E-state index >= 15 is 0 Å². The van der Waals surface area contributed by atoms with Gasteiger partial charge in [0.25, 0.3) is 5.91 Å². The molecule has 3 rings (SSSR count). The van der Waals surface area contributed by atoms with Gasteiger partial charge in [0.2, 0.25) is 0 Å². The summed E-state index contributed by atoms with van der Waals surface area (Å²) >= 11 is 1.07. The van der Waals surface area contributed by atoms with Crippen molar-refractivity contribution in [1.82, 2.24) is 19.7 Å². The maximum atomic E-state index is 12.5. The molecule has 0 bridgehead atoms. The summed E-state index contributed by atoms with van der Waals surface area (Å²) in [5.41, 5.74) is 1.56. The van der Waals surface area contributed by atoms with Crippen molar-refractivity contribution in [2.45, 2.75) is 13.8 Å². The molecule has 3 aromatic rings. The molecular formula is C16H15N5O3S. The Kier molecular flexibility index (Phi) is 4.57. The van der Waals surface area contributed by atoms with E-state index in [9.17, 15) is 9.59 Å². The number of methoxy groups -OCH3 is 1.